The molecule has 3 rings (SSSR count). The molecule has 0 saturated carbocycles. The third-order valence-electron chi connectivity index (χ3n) is 3.77. The molecule has 0 aliphatic carbocycles. The summed E-state index contributed by atoms with van der Waals surface area (Å²) in [6, 6.07) is 1.97. The zero-order valence-corrected chi connectivity index (χ0v) is 11.3. The fraction of sp³-hybridized carbons (Fsp3) is 0.615. The minimum atomic E-state index is 0.519. The quantitative estimate of drug-likeness (QED) is 0.897. The molecule has 1 aliphatic heterocycles. The number of hydrogen-bond acceptors (Lipinski definition) is 4. The van der Waals surface area contributed by atoms with Crippen molar-refractivity contribution in [1.29, 1.82) is 0 Å². The van der Waals surface area contributed by atoms with Crippen molar-refractivity contribution in [1.82, 2.24) is 29.9 Å². The maximum atomic E-state index is 4.45. The number of nitrogens with zero attached hydrogens (tertiary/aromatic N) is 5. The van der Waals surface area contributed by atoms with Crippen LogP contribution in [0.4, 0.5) is 0 Å². The van der Waals surface area contributed by atoms with E-state index in [1.54, 1.807) is 0 Å². The number of aromatic nitrogens is 5. The second-order valence-corrected chi connectivity index (χ2v) is 5.16. The maximum Gasteiger partial charge on any atom is 0.153 e. The van der Waals surface area contributed by atoms with Crippen LogP contribution in [0, 0.1) is 6.92 Å². The van der Waals surface area contributed by atoms with E-state index in [9.17, 15) is 0 Å². The van der Waals surface area contributed by atoms with E-state index in [1.165, 1.54) is 0 Å². The molecule has 102 valence electrons. The van der Waals surface area contributed by atoms with Crippen molar-refractivity contribution in [2.45, 2.75) is 32.2 Å². The Hall–Kier alpha value is -1.69. The lowest BCUT2D eigenvalue weighted by atomic mass is 9.96. The fourth-order valence-corrected chi connectivity index (χ4v) is 2.63. The van der Waals surface area contributed by atoms with Gasteiger partial charge in [0, 0.05) is 24.9 Å². The van der Waals surface area contributed by atoms with Gasteiger partial charge < -0.3 is 4.90 Å². The van der Waals surface area contributed by atoms with E-state index in [-0.39, 0.29) is 0 Å². The van der Waals surface area contributed by atoms with Gasteiger partial charge in [-0.15, -0.1) is 0 Å². The van der Waals surface area contributed by atoms with Crippen LogP contribution in [0.15, 0.2) is 18.5 Å². The van der Waals surface area contributed by atoms with E-state index in [2.05, 4.69) is 25.2 Å². The maximum absolute atomic E-state index is 4.45. The molecule has 0 radical (unpaired) electrons. The Morgan fingerprint density at radius 2 is 2.16 bits per heavy atom. The van der Waals surface area contributed by atoms with Crippen molar-refractivity contribution in [3.05, 3.63) is 30.1 Å². The van der Waals surface area contributed by atoms with Gasteiger partial charge >= 0.3 is 0 Å². The second-order valence-electron chi connectivity index (χ2n) is 5.16. The van der Waals surface area contributed by atoms with Gasteiger partial charge in [-0.1, -0.05) is 0 Å². The zero-order valence-electron chi connectivity index (χ0n) is 11.3. The predicted octanol–water partition coefficient (Wildman–Crippen LogP) is 1.19. The van der Waals surface area contributed by atoms with Gasteiger partial charge in [-0.05, 0) is 38.9 Å². The molecular formula is C13H20N6. The van der Waals surface area contributed by atoms with Crippen LogP contribution in [0.5, 0.6) is 0 Å². The van der Waals surface area contributed by atoms with Crippen LogP contribution in [0.3, 0.4) is 0 Å². The van der Waals surface area contributed by atoms with Crippen LogP contribution in [-0.4, -0.2) is 49.5 Å². The van der Waals surface area contributed by atoms with Gasteiger partial charge in [-0.3, -0.25) is 9.78 Å². The normalized spacial score (nSPS) is 17.9. The van der Waals surface area contributed by atoms with Gasteiger partial charge in [-0.2, -0.15) is 10.2 Å². The van der Waals surface area contributed by atoms with Crippen molar-refractivity contribution < 1.29 is 0 Å². The summed E-state index contributed by atoms with van der Waals surface area (Å²) in [7, 11) is 0. The molecule has 1 N–H and O–H groups in total. The monoisotopic (exact) mass is 260 g/mol. The number of hydrogen-bond donors (Lipinski definition) is 1. The van der Waals surface area contributed by atoms with Gasteiger partial charge in [0.05, 0.1) is 6.54 Å². The second kappa shape index (κ2) is 5.52. The number of likely N-dealkylation sites (tertiary alicyclic amines) is 1. The molecule has 2 aromatic heterocycles. The summed E-state index contributed by atoms with van der Waals surface area (Å²) < 4.78 is 1.99. The molecular weight excluding hydrogens is 240 g/mol. The molecule has 0 amide bonds. The molecule has 19 heavy (non-hydrogen) atoms. The highest BCUT2D eigenvalue weighted by molar-refractivity contribution is 4.99. The van der Waals surface area contributed by atoms with Crippen molar-refractivity contribution in [3.8, 4) is 0 Å². The third kappa shape index (κ3) is 3.01. The SMILES string of the molecule is Cc1nc(C2CCN(CCn3cccn3)CC2)n[nH]1. The molecule has 0 aromatic carbocycles. The first kappa shape index (κ1) is 12.3. The van der Waals surface area contributed by atoms with Gasteiger partial charge in [0.15, 0.2) is 5.82 Å². The lowest BCUT2D eigenvalue weighted by Crippen LogP contribution is -2.35. The Morgan fingerprint density at radius 1 is 1.32 bits per heavy atom. The number of nitrogens with one attached hydrogen (secondary N) is 1. The van der Waals surface area contributed by atoms with Crippen molar-refractivity contribution >= 4 is 0 Å². The molecule has 6 heteroatoms. The van der Waals surface area contributed by atoms with E-state index < -0.39 is 0 Å². The Kier molecular flexibility index (Phi) is 3.59. The van der Waals surface area contributed by atoms with E-state index in [1.807, 2.05) is 30.1 Å². The number of piperidine rings is 1. The average Bonchev–Trinajstić information content (AvgIpc) is 3.08. The highest BCUT2D eigenvalue weighted by Gasteiger charge is 2.23. The molecule has 0 atom stereocenters. The number of rotatable bonds is 4. The summed E-state index contributed by atoms with van der Waals surface area (Å²) in [6.45, 7) is 6.24. The van der Waals surface area contributed by atoms with Crippen molar-refractivity contribution in [2.75, 3.05) is 19.6 Å². The lowest BCUT2D eigenvalue weighted by Gasteiger charge is -2.30. The molecule has 0 spiro atoms. The van der Waals surface area contributed by atoms with Gasteiger partial charge in [0.1, 0.15) is 5.82 Å². The van der Waals surface area contributed by atoms with Gasteiger partial charge in [-0.25, -0.2) is 4.98 Å². The molecule has 1 saturated heterocycles. The van der Waals surface area contributed by atoms with E-state index >= 15 is 0 Å². The van der Waals surface area contributed by atoms with Crippen LogP contribution in [0.1, 0.15) is 30.4 Å². The first-order valence-corrected chi connectivity index (χ1v) is 6.90. The highest BCUT2D eigenvalue weighted by Crippen LogP contribution is 2.25. The van der Waals surface area contributed by atoms with Crippen molar-refractivity contribution in [3.63, 3.8) is 0 Å². The van der Waals surface area contributed by atoms with Crippen molar-refractivity contribution in [2.24, 2.45) is 0 Å². The highest BCUT2D eigenvalue weighted by atomic mass is 15.3. The molecule has 0 bridgehead atoms. The van der Waals surface area contributed by atoms with Gasteiger partial charge in [0.2, 0.25) is 0 Å². The Labute approximate surface area is 112 Å². The largest absolute Gasteiger partial charge is 0.301 e. The molecule has 1 fully saturated rings. The molecule has 2 aromatic rings. The summed E-state index contributed by atoms with van der Waals surface area (Å²) in [6.07, 6.45) is 6.15. The van der Waals surface area contributed by atoms with Crippen LogP contribution in [0.2, 0.25) is 0 Å². The molecule has 3 heterocycles. The summed E-state index contributed by atoms with van der Waals surface area (Å²) in [5.41, 5.74) is 0. The summed E-state index contributed by atoms with van der Waals surface area (Å²) >= 11 is 0. The van der Waals surface area contributed by atoms with Crippen LogP contribution >= 0.6 is 0 Å². The topological polar surface area (TPSA) is 62.6 Å². The van der Waals surface area contributed by atoms with Crippen LogP contribution in [0.25, 0.3) is 0 Å². The summed E-state index contributed by atoms with van der Waals surface area (Å²) in [4.78, 5) is 6.94. The Balaban J connectivity index is 1.47. The first-order chi connectivity index (χ1) is 9.31. The average molecular weight is 260 g/mol. The standard InChI is InChI=1S/C13H20N6/c1-11-15-13(17-16-11)12-3-7-18(8-4-12)9-10-19-6-2-5-14-19/h2,5-6,12H,3-4,7-10H2,1H3,(H,15,16,17). The number of aromatic amines is 1. The minimum absolute atomic E-state index is 0.519. The fourth-order valence-electron chi connectivity index (χ4n) is 2.63. The molecule has 1 aliphatic rings. The van der Waals surface area contributed by atoms with Crippen LogP contribution in [-0.2, 0) is 6.54 Å². The lowest BCUT2D eigenvalue weighted by molar-refractivity contribution is 0.200. The summed E-state index contributed by atoms with van der Waals surface area (Å²) in [5.74, 6) is 2.42. The predicted molar refractivity (Wildman–Crippen MR) is 71.8 cm³/mol. The molecule has 0 unspecified atom stereocenters. The van der Waals surface area contributed by atoms with Crippen LogP contribution < -0.4 is 0 Å². The number of H-pyrrole nitrogens is 1. The first-order valence-electron chi connectivity index (χ1n) is 6.90. The Bertz CT molecular complexity index is 495. The smallest absolute Gasteiger partial charge is 0.153 e. The van der Waals surface area contributed by atoms with Gasteiger partial charge in [0.25, 0.3) is 0 Å². The van der Waals surface area contributed by atoms with E-state index in [4.69, 9.17) is 0 Å². The Morgan fingerprint density at radius 3 is 2.79 bits per heavy atom. The minimum Gasteiger partial charge on any atom is -0.301 e. The van der Waals surface area contributed by atoms with E-state index in [0.29, 0.717) is 5.92 Å². The van der Waals surface area contributed by atoms with E-state index in [0.717, 1.165) is 50.7 Å². The number of aryl methyl sites for hydroxylation is 1. The molecule has 6 nitrogen and oxygen atoms in total. The third-order valence-corrected chi connectivity index (χ3v) is 3.77. The zero-order chi connectivity index (χ0) is 13.1. The summed E-state index contributed by atoms with van der Waals surface area (Å²) in [5, 5.41) is 11.4.